The zero-order chi connectivity index (χ0) is 22.4. The first-order valence-corrected chi connectivity index (χ1v) is 11.4. The zero-order valence-electron chi connectivity index (χ0n) is 18.6. The van der Waals surface area contributed by atoms with Crippen molar-refractivity contribution in [2.75, 3.05) is 39.9 Å². The molecule has 1 atom stereocenters. The lowest BCUT2D eigenvalue weighted by Crippen LogP contribution is -2.53. The first kappa shape index (κ1) is 22.3. The molecule has 32 heavy (non-hydrogen) atoms. The molecule has 1 unspecified atom stereocenters. The summed E-state index contributed by atoms with van der Waals surface area (Å²) in [7, 11) is 1.60. The lowest BCUT2D eigenvalue weighted by molar-refractivity contribution is -0.0228. The number of hydrogen-bond donors (Lipinski definition) is 2. The molecule has 172 valence electrons. The third-order valence-electron chi connectivity index (χ3n) is 6.86. The largest absolute Gasteiger partial charge is 0.383 e. The second kappa shape index (κ2) is 10.1. The van der Waals surface area contributed by atoms with Crippen LogP contribution in [0.1, 0.15) is 47.8 Å². The summed E-state index contributed by atoms with van der Waals surface area (Å²) in [6.45, 7) is 3.03. The van der Waals surface area contributed by atoms with E-state index < -0.39 is 0 Å². The third kappa shape index (κ3) is 4.93. The average molecular weight is 441 g/mol. The fraction of sp³-hybridized carbons (Fsp3) is 0.565. The van der Waals surface area contributed by atoms with Gasteiger partial charge in [-0.15, -0.1) is 5.10 Å². The van der Waals surface area contributed by atoms with Crippen LogP contribution in [0.4, 0.5) is 4.79 Å². The number of nitrogens with zero attached hydrogens (tertiary/aromatic N) is 4. The van der Waals surface area contributed by atoms with Crippen molar-refractivity contribution >= 4 is 11.9 Å². The summed E-state index contributed by atoms with van der Waals surface area (Å²) in [6.07, 6.45) is 6.61. The standard InChI is InChI=1S/C23H32N6O3/c1-32-16-13-24-21(30)19-17-29(27-26-19)20-7-9-23(20)10-14-28(15-11-23)22(31)25-12-8-18-5-3-2-4-6-18/h2-6,17,20H,7-16H2,1H3,(H,24,30)(H,25,31). The van der Waals surface area contributed by atoms with Crippen LogP contribution in [-0.2, 0) is 11.2 Å². The molecule has 1 aromatic carbocycles. The highest BCUT2D eigenvalue weighted by molar-refractivity contribution is 5.91. The van der Waals surface area contributed by atoms with Gasteiger partial charge >= 0.3 is 6.03 Å². The van der Waals surface area contributed by atoms with Crippen LogP contribution in [-0.4, -0.2) is 71.7 Å². The summed E-state index contributed by atoms with van der Waals surface area (Å²) >= 11 is 0. The Morgan fingerprint density at radius 1 is 1.12 bits per heavy atom. The number of rotatable bonds is 8. The molecule has 0 bridgehead atoms. The Kier molecular flexibility index (Phi) is 7.04. The van der Waals surface area contributed by atoms with E-state index in [9.17, 15) is 9.59 Å². The van der Waals surface area contributed by atoms with Crippen LogP contribution in [0.15, 0.2) is 36.5 Å². The smallest absolute Gasteiger partial charge is 0.317 e. The molecule has 2 heterocycles. The Balaban J connectivity index is 1.25. The van der Waals surface area contributed by atoms with E-state index >= 15 is 0 Å². The molecule has 1 aliphatic carbocycles. The third-order valence-corrected chi connectivity index (χ3v) is 6.86. The van der Waals surface area contributed by atoms with Crippen LogP contribution in [0.3, 0.4) is 0 Å². The van der Waals surface area contributed by atoms with Crippen molar-refractivity contribution in [3.05, 3.63) is 47.8 Å². The molecule has 9 nitrogen and oxygen atoms in total. The topological polar surface area (TPSA) is 101 Å². The molecule has 4 rings (SSSR count). The van der Waals surface area contributed by atoms with E-state index in [4.69, 9.17) is 4.74 Å². The zero-order valence-corrected chi connectivity index (χ0v) is 18.6. The van der Waals surface area contributed by atoms with Crippen LogP contribution in [0.25, 0.3) is 0 Å². The number of amides is 3. The number of carbonyl (C=O) groups is 2. The SMILES string of the molecule is COCCNC(=O)c1cn(C2CCC23CCN(C(=O)NCCc2ccccc2)CC3)nn1. The molecular weight excluding hydrogens is 408 g/mol. The maximum absolute atomic E-state index is 12.6. The molecule has 3 amide bonds. The van der Waals surface area contributed by atoms with Crippen molar-refractivity contribution in [3.63, 3.8) is 0 Å². The fourth-order valence-corrected chi connectivity index (χ4v) is 4.79. The van der Waals surface area contributed by atoms with E-state index in [1.54, 1.807) is 13.3 Å². The quantitative estimate of drug-likeness (QED) is 0.612. The first-order chi connectivity index (χ1) is 15.6. The van der Waals surface area contributed by atoms with Gasteiger partial charge < -0.3 is 20.3 Å². The molecule has 0 radical (unpaired) electrons. The highest BCUT2D eigenvalue weighted by atomic mass is 16.5. The Morgan fingerprint density at radius 3 is 2.59 bits per heavy atom. The van der Waals surface area contributed by atoms with Gasteiger partial charge in [0, 0.05) is 33.3 Å². The molecule has 1 saturated heterocycles. The predicted molar refractivity (Wildman–Crippen MR) is 119 cm³/mol. The Morgan fingerprint density at radius 2 is 1.91 bits per heavy atom. The van der Waals surface area contributed by atoms with Gasteiger partial charge in [-0.05, 0) is 43.1 Å². The van der Waals surface area contributed by atoms with Gasteiger partial charge in [0.05, 0.1) is 18.8 Å². The lowest BCUT2D eigenvalue weighted by Gasteiger charge is -2.53. The number of aromatic nitrogens is 3. The van der Waals surface area contributed by atoms with Crippen molar-refractivity contribution < 1.29 is 14.3 Å². The summed E-state index contributed by atoms with van der Waals surface area (Å²) < 4.78 is 6.80. The highest BCUT2D eigenvalue weighted by Gasteiger charge is 2.50. The molecule has 2 N–H and O–H groups in total. The van der Waals surface area contributed by atoms with E-state index in [2.05, 4.69) is 33.1 Å². The van der Waals surface area contributed by atoms with Gasteiger partial charge in [-0.3, -0.25) is 4.79 Å². The number of hydrogen-bond acceptors (Lipinski definition) is 5. The van der Waals surface area contributed by atoms with Crippen molar-refractivity contribution in [3.8, 4) is 0 Å². The minimum absolute atomic E-state index is 0.0161. The normalized spacial score (nSPS) is 19.4. The van der Waals surface area contributed by atoms with E-state index in [1.165, 1.54) is 5.56 Å². The summed E-state index contributed by atoms with van der Waals surface area (Å²) in [4.78, 5) is 26.7. The number of likely N-dealkylation sites (tertiary alicyclic amines) is 1. The van der Waals surface area contributed by atoms with Crippen molar-refractivity contribution in [1.29, 1.82) is 0 Å². The predicted octanol–water partition coefficient (Wildman–Crippen LogP) is 2.02. The first-order valence-electron chi connectivity index (χ1n) is 11.4. The molecule has 2 fully saturated rings. The second-order valence-electron chi connectivity index (χ2n) is 8.70. The monoisotopic (exact) mass is 440 g/mol. The van der Waals surface area contributed by atoms with Gasteiger partial charge in [0.1, 0.15) is 0 Å². The summed E-state index contributed by atoms with van der Waals surface area (Å²) in [5.74, 6) is -0.233. The van der Waals surface area contributed by atoms with Crippen LogP contribution in [0.2, 0.25) is 0 Å². The maximum atomic E-state index is 12.6. The number of ether oxygens (including phenoxy) is 1. The number of carbonyl (C=O) groups excluding carboxylic acids is 2. The molecule has 2 aliphatic rings. The average Bonchev–Trinajstić information content (AvgIpc) is 3.28. The minimum Gasteiger partial charge on any atom is -0.383 e. The number of urea groups is 1. The van der Waals surface area contributed by atoms with Gasteiger partial charge in [-0.1, -0.05) is 35.5 Å². The van der Waals surface area contributed by atoms with Gasteiger partial charge in [-0.2, -0.15) is 0 Å². The molecule has 9 heteroatoms. The minimum atomic E-state index is -0.233. The summed E-state index contributed by atoms with van der Waals surface area (Å²) in [5, 5.41) is 14.1. The highest BCUT2D eigenvalue weighted by Crippen LogP contribution is 2.56. The Labute approximate surface area is 188 Å². The van der Waals surface area contributed by atoms with Gasteiger partial charge in [-0.25, -0.2) is 9.48 Å². The van der Waals surface area contributed by atoms with Crippen LogP contribution >= 0.6 is 0 Å². The number of piperidine rings is 1. The van der Waals surface area contributed by atoms with Gasteiger partial charge in [0.2, 0.25) is 0 Å². The van der Waals surface area contributed by atoms with Gasteiger partial charge in [0.25, 0.3) is 5.91 Å². The second-order valence-corrected chi connectivity index (χ2v) is 8.70. The van der Waals surface area contributed by atoms with Crippen molar-refractivity contribution in [2.45, 2.75) is 38.1 Å². The lowest BCUT2D eigenvalue weighted by atomic mass is 9.59. The number of benzene rings is 1. The molecule has 1 aliphatic heterocycles. The fourth-order valence-electron chi connectivity index (χ4n) is 4.79. The van der Waals surface area contributed by atoms with Crippen LogP contribution < -0.4 is 10.6 Å². The number of nitrogens with one attached hydrogen (secondary N) is 2. The maximum Gasteiger partial charge on any atom is 0.317 e. The molecular formula is C23H32N6O3. The van der Waals surface area contributed by atoms with E-state index in [0.29, 0.717) is 25.4 Å². The molecule has 1 spiro atoms. The summed E-state index contributed by atoms with van der Waals surface area (Å²) in [6, 6.07) is 10.4. The Hall–Kier alpha value is -2.94. The Bertz CT molecular complexity index is 907. The summed E-state index contributed by atoms with van der Waals surface area (Å²) in [5.41, 5.74) is 1.69. The van der Waals surface area contributed by atoms with E-state index in [1.807, 2.05) is 27.8 Å². The molecule has 1 aromatic heterocycles. The van der Waals surface area contributed by atoms with Crippen molar-refractivity contribution in [1.82, 2.24) is 30.5 Å². The van der Waals surface area contributed by atoms with E-state index in [0.717, 1.165) is 45.2 Å². The van der Waals surface area contributed by atoms with E-state index in [-0.39, 0.29) is 23.4 Å². The van der Waals surface area contributed by atoms with Gasteiger partial charge in [0.15, 0.2) is 5.69 Å². The number of methoxy groups -OCH3 is 1. The van der Waals surface area contributed by atoms with Crippen LogP contribution in [0, 0.1) is 5.41 Å². The molecule has 1 saturated carbocycles. The van der Waals surface area contributed by atoms with Crippen molar-refractivity contribution in [2.24, 2.45) is 5.41 Å². The molecule has 2 aromatic rings. The van der Waals surface area contributed by atoms with Crippen LogP contribution in [0.5, 0.6) is 0 Å².